The van der Waals surface area contributed by atoms with Gasteiger partial charge in [-0.1, -0.05) is 6.07 Å². The van der Waals surface area contributed by atoms with Gasteiger partial charge in [0.15, 0.2) is 5.69 Å². The highest BCUT2D eigenvalue weighted by Crippen LogP contribution is 2.17. The fourth-order valence-electron chi connectivity index (χ4n) is 3.19. The molecule has 1 fully saturated rings. The lowest BCUT2D eigenvalue weighted by atomic mass is 10.1. The summed E-state index contributed by atoms with van der Waals surface area (Å²) in [5.74, 6) is 0.0181. The predicted molar refractivity (Wildman–Crippen MR) is 98.4 cm³/mol. The Morgan fingerprint density at radius 2 is 1.83 bits per heavy atom. The van der Waals surface area contributed by atoms with Crippen LogP contribution < -0.4 is 5.32 Å². The van der Waals surface area contributed by atoms with E-state index in [0.29, 0.717) is 11.7 Å². The van der Waals surface area contributed by atoms with Gasteiger partial charge >= 0.3 is 0 Å². The molecule has 0 aliphatic carbocycles. The Morgan fingerprint density at radius 1 is 1.17 bits per heavy atom. The molecule has 1 aromatic carbocycles. The molecule has 1 aromatic heterocycles. The third kappa shape index (κ3) is 3.79. The van der Waals surface area contributed by atoms with Crippen molar-refractivity contribution in [1.29, 1.82) is 0 Å². The highest BCUT2D eigenvalue weighted by molar-refractivity contribution is 5.92. The van der Waals surface area contributed by atoms with Gasteiger partial charge < -0.3 is 10.2 Å². The van der Waals surface area contributed by atoms with Gasteiger partial charge in [0.25, 0.3) is 5.91 Å². The second-order valence-corrected chi connectivity index (χ2v) is 6.54. The van der Waals surface area contributed by atoms with Crippen LogP contribution >= 0.6 is 12.4 Å². The van der Waals surface area contributed by atoms with Crippen molar-refractivity contribution in [2.24, 2.45) is 0 Å². The van der Waals surface area contributed by atoms with E-state index in [1.165, 1.54) is 11.1 Å². The lowest BCUT2D eigenvalue weighted by Gasteiger charge is -2.31. The van der Waals surface area contributed by atoms with Crippen LogP contribution in [-0.4, -0.2) is 46.3 Å². The SMILES string of the molecule is Cc1cc(C)cc(-n2nc(C(=O)N3CCN[C@H](C)C3)cc2C)c1.Cl. The number of nitrogens with zero attached hydrogens (tertiary/aromatic N) is 3. The summed E-state index contributed by atoms with van der Waals surface area (Å²) in [7, 11) is 0. The van der Waals surface area contributed by atoms with E-state index in [0.717, 1.165) is 31.0 Å². The molecule has 3 rings (SSSR count). The second-order valence-electron chi connectivity index (χ2n) is 6.54. The summed E-state index contributed by atoms with van der Waals surface area (Å²) < 4.78 is 1.86. The minimum Gasteiger partial charge on any atom is -0.334 e. The Kier molecular flexibility index (Phi) is 5.67. The van der Waals surface area contributed by atoms with Gasteiger partial charge in [-0.3, -0.25) is 4.79 Å². The van der Waals surface area contributed by atoms with Crippen LogP contribution in [0.2, 0.25) is 0 Å². The van der Waals surface area contributed by atoms with Crippen LogP contribution in [0.4, 0.5) is 0 Å². The minimum atomic E-state index is 0. The van der Waals surface area contributed by atoms with E-state index in [1.807, 2.05) is 22.6 Å². The van der Waals surface area contributed by atoms with E-state index in [1.54, 1.807) is 0 Å². The van der Waals surface area contributed by atoms with Crippen molar-refractivity contribution >= 4 is 18.3 Å². The molecule has 0 unspecified atom stereocenters. The molecule has 0 bridgehead atoms. The van der Waals surface area contributed by atoms with Crippen LogP contribution in [0.5, 0.6) is 0 Å². The topological polar surface area (TPSA) is 50.2 Å². The Balaban J connectivity index is 0.00000208. The molecule has 1 saturated heterocycles. The number of benzene rings is 1. The molecule has 6 heteroatoms. The fourth-order valence-corrected chi connectivity index (χ4v) is 3.19. The number of piperazine rings is 1. The van der Waals surface area contributed by atoms with Crippen LogP contribution in [0.1, 0.15) is 34.2 Å². The van der Waals surface area contributed by atoms with E-state index in [4.69, 9.17) is 0 Å². The van der Waals surface area contributed by atoms with Crippen molar-refractivity contribution < 1.29 is 4.79 Å². The normalized spacial score (nSPS) is 17.5. The highest BCUT2D eigenvalue weighted by atomic mass is 35.5. The first-order valence-electron chi connectivity index (χ1n) is 8.12. The third-order valence-corrected chi connectivity index (χ3v) is 4.21. The number of halogens is 1. The van der Waals surface area contributed by atoms with Crippen LogP contribution in [0.15, 0.2) is 24.3 Å². The number of amides is 1. The van der Waals surface area contributed by atoms with E-state index >= 15 is 0 Å². The van der Waals surface area contributed by atoms with Gasteiger partial charge in [-0.05, 0) is 57.0 Å². The molecule has 1 amide bonds. The maximum atomic E-state index is 12.7. The largest absolute Gasteiger partial charge is 0.334 e. The number of carbonyl (C=O) groups excluding carboxylic acids is 1. The second kappa shape index (κ2) is 7.36. The maximum absolute atomic E-state index is 12.7. The Bertz CT molecular complexity index is 720. The molecular weight excluding hydrogens is 324 g/mol. The van der Waals surface area contributed by atoms with Crippen molar-refractivity contribution in [1.82, 2.24) is 20.0 Å². The molecule has 24 heavy (non-hydrogen) atoms. The first kappa shape index (κ1) is 18.5. The number of rotatable bonds is 2. The van der Waals surface area contributed by atoms with Crippen LogP contribution in [0.3, 0.4) is 0 Å². The van der Waals surface area contributed by atoms with Gasteiger partial charge in [-0.25, -0.2) is 4.68 Å². The van der Waals surface area contributed by atoms with Crippen LogP contribution in [0, 0.1) is 20.8 Å². The fraction of sp³-hybridized carbons (Fsp3) is 0.444. The molecule has 0 saturated carbocycles. The van der Waals surface area contributed by atoms with Crippen molar-refractivity contribution in [2.45, 2.75) is 33.7 Å². The molecule has 2 aromatic rings. The van der Waals surface area contributed by atoms with Crippen molar-refractivity contribution in [2.75, 3.05) is 19.6 Å². The number of hydrogen-bond acceptors (Lipinski definition) is 3. The predicted octanol–water partition coefficient (Wildman–Crippen LogP) is 2.65. The number of nitrogens with one attached hydrogen (secondary N) is 1. The lowest BCUT2D eigenvalue weighted by molar-refractivity contribution is 0.0702. The number of aromatic nitrogens is 2. The highest BCUT2D eigenvalue weighted by Gasteiger charge is 2.24. The zero-order valence-electron chi connectivity index (χ0n) is 14.7. The molecule has 1 aliphatic heterocycles. The summed E-state index contributed by atoms with van der Waals surface area (Å²) >= 11 is 0. The Hall–Kier alpha value is -1.85. The molecule has 1 aliphatic rings. The molecule has 1 N–H and O–H groups in total. The minimum absolute atomic E-state index is 0. The summed E-state index contributed by atoms with van der Waals surface area (Å²) in [5, 5.41) is 7.92. The summed E-state index contributed by atoms with van der Waals surface area (Å²) in [4.78, 5) is 14.6. The van der Waals surface area contributed by atoms with Crippen molar-refractivity contribution in [3.05, 3.63) is 46.8 Å². The van der Waals surface area contributed by atoms with E-state index in [2.05, 4.69) is 49.4 Å². The summed E-state index contributed by atoms with van der Waals surface area (Å²) in [6.45, 7) is 10.5. The van der Waals surface area contributed by atoms with Crippen molar-refractivity contribution in [3.63, 3.8) is 0 Å². The molecule has 0 radical (unpaired) electrons. The van der Waals surface area contributed by atoms with Gasteiger partial charge in [0.2, 0.25) is 0 Å². The standard InChI is InChI=1S/C18H24N4O.ClH/c1-12-7-13(2)9-16(8-12)22-15(4)10-17(20-22)18(23)21-6-5-19-14(3)11-21;/h7-10,14,19H,5-6,11H2,1-4H3;1H/t14-;/m1./s1. The molecular formula is C18H25ClN4O. The Labute approximate surface area is 149 Å². The van der Waals surface area contributed by atoms with Gasteiger partial charge in [0.05, 0.1) is 5.69 Å². The van der Waals surface area contributed by atoms with Gasteiger partial charge in [-0.15, -0.1) is 12.4 Å². The molecule has 2 heterocycles. The molecule has 130 valence electrons. The smallest absolute Gasteiger partial charge is 0.274 e. The third-order valence-electron chi connectivity index (χ3n) is 4.21. The molecule has 1 atom stereocenters. The number of hydrogen-bond donors (Lipinski definition) is 1. The van der Waals surface area contributed by atoms with E-state index in [-0.39, 0.29) is 18.3 Å². The van der Waals surface area contributed by atoms with Gasteiger partial charge in [-0.2, -0.15) is 5.10 Å². The van der Waals surface area contributed by atoms with Gasteiger partial charge in [0.1, 0.15) is 0 Å². The first-order valence-corrected chi connectivity index (χ1v) is 8.12. The monoisotopic (exact) mass is 348 g/mol. The van der Waals surface area contributed by atoms with Crippen LogP contribution in [0.25, 0.3) is 5.69 Å². The summed E-state index contributed by atoms with van der Waals surface area (Å²) in [5.41, 5.74) is 4.89. The first-order chi connectivity index (χ1) is 10.9. The van der Waals surface area contributed by atoms with Gasteiger partial charge in [0, 0.05) is 31.4 Å². The number of aryl methyl sites for hydroxylation is 3. The Morgan fingerprint density at radius 3 is 2.46 bits per heavy atom. The summed E-state index contributed by atoms with van der Waals surface area (Å²) in [6.07, 6.45) is 0. The van der Waals surface area contributed by atoms with E-state index in [9.17, 15) is 4.79 Å². The average molecular weight is 349 g/mol. The molecule has 5 nitrogen and oxygen atoms in total. The lowest BCUT2D eigenvalue weighted by Crippen LogP contribution is -2.51. The molecule has 0 spiro atoms. The van der Waals surface area contributed by atoms with E-state index < -0.39 is 0 Å². The maximum Gasteiger partial charge on any atom is 0.274 e. The zero-order chi connectivity index (χ0) is 16.6. The average Bonchev–Trinajstić information content (AvgIpc) is 2.87. The quantitative estimate of drug-likeness (QED) is 0.907. The summed E-state index contributed by atoms with van der Waals surface area (Å²) in [6, 6.07) is 8.53. The van der Waals surface area contributed by atoms with Crippen LogP contribution in [-0.2, 0) is 0 Å². The number of carbonyl (C=O) groups is 1. The van der Waals surface area contributed by atoms with Crippen molar-refractivity contribution in [3.8, 4) is 5.69 Å². The zero-order valence-corrected chi connectivity index (χ0v) is 15.5.